The van der Waals surface area contributed by atoms with Crippen molar-refractivity contribution >= 4 is 23.9 Å². The molecule has 0 saturated carbocycles. The maximum atomic E-state index is 11.7. The summed E-state index contributed by atoms with van der Waals surface area (Å²) in [7, 11) is 0. The van der Waals surface area contributed by atoms with Gasteiger partial charge in [-0.15, -0.1) is 0 Å². The standard InChI is InChI=1S/C40H75NO8/c42-37(43)31-27-23-19-15-11-7-3-1-5-9-13-17-21-25-29-33-41(35-39(46)47,36-40(48)49)34-30-26-22-18-14-10-6-2-4-8-12-16-20-24-28-32-38(44)45/h1-36H2,(H3-,42,43,44,45,46,47,48,49)/p+1. The molecule has 0 heterocycles. The summed E-state index contributed by atoms with van der Waals surface area (Å²) in [6.07, 6.45) is 35.1. The van der Waals surface area contributed by atoms with E-state index in [4.69, 9.17) is 10.2 Å². The minimum Gasteiger partial charge on any atom is -0.481 e. The quantitative estimate of drug-likeness (QED) is 0.0365. The number of quaternary nitrogens is 1. The predicted molar refractivity (Wildman–Crippen MR) is 198 cm³/mol. The predicted octanol–water partition coefficient (Wildman–Crippen LogP) is 10.6. The van der Waals surface area contributed by atoms with Crippen LogP contribution in [-0.4, -0.2) is 75.0 Å². The molecule has 0 unspecified atom stereocenters. The number of hydrogen-bond acceptors (Lipinski definition) is 4. The molecule has 0 amide bonds. The average molecular weight is 699 g/mol. The molecule has 0 saturated heterocycles. The first-order chi connectivity index (χ1) is 23.7. The zero-order valence-corrected chi connectivity index (χ0v) is 31.3. The van der Waals surface area contributed by atoms with Crippen molar-refractivity contribution in [2.75, 3.05) is 26.2 Å². The van der Waals surface area contributed by atoms with Crippen molar-refractivity contribution in [3.05, 3.63) is 0 Å². The third-order valence-corrected chi connectivity index (χ3v) is 9.99. The Bertz CT molecular complexity index is 752. The summed E-state index contributed by atoms with van der Waals surface area (Å²) in [5, 5.41) is 36.6. The highest BCUT2D eigenvalue weighted by atomic mass is 16.4. The topological polar surface area (TPSA) is 149 Å². The van der Waals surface area contributed by atoms with E-state index in [-0.39, 0.29) is 17.6 Å². The molecule has 4 N–H and O–H groups in total. The van der Waals surface area contributed by atoms with Crippen LogP contribution in [-0.2, 0) is 19.2 Å². The molecule has 0 aliphatic heterocycles. The normalized spacial score (nSPS) is 11.6. The Morgan fingerprint density at radius 1 is 0.265 bits per heavy atom. The summed E-state index contributed by atoms with van der Waals surface area (Å²) < 4.78 is 0.162. The third-order valence-electron chi connectivity index (χ3n) is 9.99. The van der Waals surface area contributed by atoms with Gasteiger partial charge < -0.3 is 24.9 Å². The van der Waals surface area contributed by atoms with Gasteiger partial charge in [0.15, 0.2) is 13.1 Å². The SMILES string of the molecule is O=C(O)CCCCCCCCCCCCCCCCC[N+](CCCCCCCCCCCCCCCCCC(=O)O)(CC(=O)O)CC(=O)O. The highest BCUT2D eigenvalue weighted by Crippen LogP contribution is 2.18. The Morgan fingerprint density at radius 2 is 0.449 bits per heavy atom. The monoisotopic (exact) mass is 699 g/mol. The molecule has 288 valence electrons. The van der Waals surface area contributed by atoms with E-state index in [1.165, 1.54) is 116 Å². The fourth-order valence-corrected chi connectivity index (χ4v) is 7.10. The first-order valence-electron chi connectivity index (χ1n) is 20.4. The van der Waals surface area contributed by atoms with Gasteiger partial charge in [0, 0.05) is 12.8 Å². The van der Waals surface area contributed by atoms with Gasteiger partial charge in [-0.1, -0.05) is 154 Å². The average Bonchev–Trinajstić information content (AvgIpc) is 3.03. The largest absolute Gasteiger partial charge is 0.481 e. The van der Waals surface area contributed by atoms with Gasteiger partial charge in [0.1, 0.15) is 0 Å². The molecule has 9 heteroatoms. The molecule has 0 aliphatic carbocycles. The van der Waals surface area contributed by atoms with Crippen LogP contribution in [0.5, 0.6) is 0 Å². The van der Waals surface area contributed by atoms with E-state index >= 15 is 0 Å². The van der Waals surface area contributed by atoms with Crippen LogP contribution in [0, 0.1) is 0 Å². The van der Waals surface area contributed by atoms with Gasteiger partial charge in [-0.05, 0) is 38.5 Å². The maximum absolute atomic E-state index is 11.7. The Morgan fingerprint density at radius 3 is 0.633 bits per heavy atom. The Kier molecular flexibility index (Phi) is 32.8. The number of carbonyl (C=O) groups is 4. The minimum absolute atomic E-state index is 0.109. The fraction of sp³-hybridized carbons (Fsp3) is 0.900. The molecular formula is C40H76NO8+. The number of carboxylic acids is 4. The second-order valence-corrected chi connectivity index (χ2v) is 14.8. The van der Waals surface area contributed by atoms with Crippen LogP contribution in [0.2, 0.25) is 0 Å². The molecule has 0 radical (unpaired) electrons. The lowest BCUT2D eigenvalue weighted by Gasteiger charge is -2.36. The molecule has 49 heavy (non-hydrogen) atoms. The molecule has 0 aromatic carbocycles. The van der Waals surface area contributed by atoms with Crippen LogP contribution in [0.4, 0.5) is 0 Å². The number of rotatable bonds is 40. The minimum atomic E-state index is -0.910. The van der Waals surface area contributed by atoms with Crippen molar-refractivity contribution < 1.29 is 44.1 Å². The zero-order valence-electron chi connectivity index (χ0n) is 31.3. The summed E-state index contributed by atoms with van der Waals surface area (Å²) in [5.74, 6) is -3.20. The summed E-state index contributed by atoms with van der Waals surface area (Å²) in [5.41, 5.74) is 0. The molecule has 0 aromatic heterocycles. The maximum Gasteiger partial charge on any atom is 0.359 e. The summed E-state index contributed by atoms with van der Waals surface area (Å²) in [6.45, 7) is 1.04. The Balaban J connectivity index is 3.92. The van der Waals surface area contributed by atoms with E-state index in [1.807, 2.05) is 0 Å². The molecule has 9 nitrogen and oxygen atoms in total. The number of nitrogens with zero attached hydrogens (tertiary/aromatic N) is 1. The second-order valence-electron chi connectivity index (χ2n) is 14.8. The summed E-state index contributed by atoms with van der Waals surface area (Å²) >= 11 is 0. The van der Waals surface area contributed by atoms with Crippen LogP contribution in [0.15, 0.2) is 0 Å². The van der Waals surface area contributed by atoms with E-state index in [9.17, 15) is 29.4 Å². The molecule has 0 bridgehead atoms. The number of hydrogen-bond donors (Lipinski definition) is 4. The highest BCUT2D eigenvalue weighted by molar-refractivity contribution is 5.70. The Labute approximate surface area is 299 Å². The third kappa shape index (κ3) is 35.5. The molecular weight excluding hydrogens is 622 g/mol. The van der Waals surface area contributed by atoms with Gasteiger partial charge >= 0.3 is 23.9 Å². The van der Waals surface area contributed by atoms with E-state index in [0.717, 1.165) is 77.0 Å². The summed E-state index contributed by atoms with van der Waals surface area (Å²) in [4.78, 5) is 44.5. The smallest absolute Gasteiger partial charge is 0.359 e. The fourth-order valence-electron chi connectivity index (χ4n) is 7.10. The molecule has 0 aromatic rings. The number of carboxylic acid groups (broad SMARTS) is 4. The lowest BCUT2D eigenvalue weighted by atomic mass is 10.0. The lowest BCUT2D eigenvalue weighted by Crippen LogP contribution is -2.55. The van der Waals surface area contributed by atoms with Gasteiger partial charge in [0.25, 0.3) is 0 Å². The number of aliphatic carboxylic acids is 4. The van der Waals surface area contributed by atoms with Gasteiger partial charge in [-0.25, -0.2) is 9.59 Å². The van der Waals surface area contributed by atoms with Gasteiger partial charge in [0.2, 0.25) is 0 Å². The first kappa shape index (κ1) is 46.8. The van der Waals surface area contributed by atoms with E-state index in [1.54, 1.807) is 0 Å². The van der Waals surface area contributed by atoms with E-state index in [0.29, 0.717) is 25.9 Å². The molecule has 0 rings (SSSR count). The van der Waals surface area contributed by atoms with Crippen molar-refractivity contribution in [2.45, 2.75) is 205 Å². The molecule has 0 atom stereocenters. The van der Waals surface area contributed by atoms with Crippen molar-refractivity contribution in [1.82, 2.24) is 0 Å². The number of unbranched alkanes of at least 4 members (excludes halogenated alkanes) is 28. The van der Waals surface area contributed by atoms with Gasteiger partial charge in [-0.2, -0.15) is 0 Å². The molecule has 0 aliphatic rings. The molecule has 0 fully saturated rings. The van der Waals surface area contributed by atoms with Crippen LogP contribution in [0.1, 0.15) is 205 Å². The Hall–Kier alpha value is -2.16. The molecule has 0 spiro atoms. The van der Waals surface area contributed by atoms with Crippen LogP contribution in [0.25, 0.3) is 0 Å². The van der Waals surface area contributed by atoms with Gasteiger partial charge in [-0.3, -0.25) is 9.59 Å². The van der Waals surface area contributed by atoms with Gasteiger partial charge in [0.05, 0.1) is 13.1 Å². The van der Waals surface area contributed by atoms with Crippen LogP contribution >= 0.6 is 0 Å². The van der Waals surface area contributed by atoms with Crippen molar-refractivity contribution in [3.63, 3.8) is 0 Å². The van der Waals surface area contributed by atoms with E-state index in [2.05, 4.69) is 0 Å². The van der Waals surface area contributed by atoms with E-state index < -0.39 is 23.9 Å². The van der Waals surface area contributed by atoms with Crippen LogP contribution in [0.3, 0.4) is 0 Å². The summed E-state index contributed by atoms with van der Waals surface area (Å²) in [6, 6.07) is 0. The van der Waals surface area contributed by atoms with Crippen LogP contribution < -0.4 is 0 Å². The zero-order chi connectivity index (χ0) is 36.3. The first-order valence-corrected chi connectivity index (χ1v) is 20.4. The highest BCUT2D eigenvalue weighted by Gasteiger charge is 2.32. The van der Waals surface area contributed by atoms with Crippen molar-refractivity contribution in [2.24, 2.45) is 0 Å². The lowest BCUT2D eigenvalue weighted by molar-refractivity contribution is -0.915. The van der Waals surface area contributed by atoms with Crippen molar-refractivity contribution in [3.8, 4) is 0 Å². The van der Waals surface area contributed by atoms with Crippen molar-refractivity contribution in [1.29, 1.82) is 0 Å². The second kappa shape index (κ2) is 34.3.